The summed E-state index contributed by atoms with van der Waals surface area (Å²) in [5, 5.41) is 9.50. The highest BCUT2D eigenvalue weighted by molar-refractivity contribution is 7.89. The van der Waals surface area contributed by atoms with E-state index in [1.165, 1.54) is 12.1 Å². The van der Waals surface area contributed by atoms with E-state index in [1.807, 2.05) is 0 Å². The van der Waals surface area contributed by atoms with E-state index in [9.17, 15) is 13.2 Å². The highest BCUT2D eigenvalue weighted by atomic mass is 35.5. The maximum absolute atomic E-state index is 12.3. The molecular weight excluding hydrogens is 326 g/mol. The highest BCUT2D eigenvalue weighted by Gasteiger charge is 2.23. The standard InChI is InChI=1S/C15H14ClNO4S/c16-12-8-6-11(7-9-12)14(10-15(18)19)17-22(20,21)13-4-2-1-3-5-13/h1-9,14,17H,10H2,(H,18,19)/t14-/m0/s1. The van der Waals surface area contributed by atoms with Crippen molar-refractivity contribution in [2.45, 2.75) is 17.4 Å². The molecule has 0 aliphatic heterocycles. The fraction of sp³-hybridized carbons (Fsp3) is 0.133. The Hall–Kier alpha value is -1.89. The summed E-state index contributed by atoms with van der Waals surface area (Å²) in [6.45, 7) is 0. The lowest BCUT2D eigenvalue weighted by molar-refractivity contribution is -0.137. The molecule has 0 radical (unpaired) electrons. The van der Waals surface area contributed by atoms with Gasteiger partial charge in [0.05, 0.1) is 17.4 Å². The van der Waals surface area contributed by atoms with Crippen molar-refractivity contribution in [2.75, 3.05) is 0 Å². The number of nitrogens with one attached hydrogen (secondary N) is 1. The second kappa shape index (κ2) is 6.91. The topological polar surface area (TPSA) is 83.5 Å². The minimum atomic E-state index is -3.81. The molecule has 2 N–H and O–H groups in total. The van der Waals surface area contributed by atoms with Gasteiger partial charge in [0.2, 0.25) is 10.0 Å². The first-order valence-electron chi connectivity index (χ1n) is 6.43. The van der Waals surface area contributed by atoms with Crippen molar-refractivity contribution in [3.8, 4) is 0 Å². The second-order valence-electron chi connectivity index (χ2n) is 4.64. The lowest BCUT2D eigenvalue weighted by atomic mass is 10.1. The van der Waals surface area contributed by atoms with E-state index in [2.05, 4.69) is 4.72 Å². The van der Waals surface area contributed by atoms with E-state index in [4.69, 9.17) is 16.7 Å². The molecule has 0 saturated heterocycles. The Morgan fingerprint density at radius 3 is 2.23 bits per heavy atom. The van der Waals surface area contributed by atoms with Crippen molar-refractivity contribution in [3.63, 3.8) is 0 Å². The number of benzene rings is 2. The average Bonchev–Trinajstić information content (AvgIpc) is 2.47. The van der Waals surface area contributed by atoms with Gasteiger partial charge in [-0.15, -0.1) is 0 Å². The van der Waals surface area contributed by atoms with Crippen LogP contribution in [0.2, 0.25) is 5.02 Å². The summed E-state index contributed by atoms with van der Waals surface area (Å²) in [5.74, 6) is -1.10. The number of aliphatic carboxylic acids is 1. The molecule has 0 spiro atoms. The van der Waals surface area contributed by atoms with Crippen molar-refractivity contribution in [2.24, 2.45) is 0 Å². The highest BCUT2D eigenvalue weighted by Crippen LogP contribution is 2.22. The van der Waals surface area contributed by atoms with Gasteiger partial charge in [-0.3, -0.25) is 4.79 Å². The van der Waals surface area contributed by atoms with Crippen LogP contribution < -0.4 is 4.72 Å². The van der Waals surface area contributed by atoms with E-state index in [1.54, 1.807) is 42.5 Å². The predicted molar refractivity (Wildman–Crippen MR) is 83.2 cm³/mol. The van der Waals surface area contributed by atoms with Crippen LogP contribution in [0.15, 0.2) is 59.5 Å². The smallest absolute Gasteiger partial charge is 0.305 e. The first kappa shape index (κ1) is 16.5. The quantitative estimate of drug-likeness (QED) is 0.847. The van der Waals surface area contributed by atoms with Crippen LogP contribution in [0.1, 0.15) is 18.0 Å². The number of sulfonamides is 1. The molecule has 0 fully saturated rings. The van der Waals surface area contributed by atoms with E-state index in [0.717, 1.165) is 0 Å². The van der Waals surface area contributed by atoms with Crippen LogP contribution in [-0.4, -0.2) is 19.5 Å². The van der Waals surface area contributed by atoms with Gasteiger partial charge in [-0.25, -0.2) is 13.1 Å². The Balaban J connectivity index is 2.31. The van der Waals surface area contributed by atoms with E-state index >= 15 is 0 Å². The fourth-order valence-electron chi connectivity index (χ4n) is 1.95. The maximum atomic E-state index is 12.3. The summed E-state index contributed by atoms with van der Waals surface area (Å²) in [6.07, 6.45) is -0.367. The van der Waals surface area contributed by atoms with Crippen molar-refractivity contribution in [1.29, 1.82) is 0 Å². The Bertz CT molecular complexity index is 745. The molecule has 0 aliphatic rings. The summed E-state index contributed by atoms with van der Waals surface area (Å²) in [5.41, 5.74) is 0.534. The summed E-state index contributed by atoms with van der Waals surface area (Å²) in [6, 6.07) is 13.3. The van der Waals surface area contributed by atoms with Crippen molar-refractivity contribution in [3.05, 3.63) is 65.2 Å². The van der Waals surface area contributed by atoms with Crippen molar-refractivity contribution >= 4 is 27.6 Å². The van der Waals surface area contributed by atoms with Crippen LogP contribution >= 0.6 is 11.6 Å². The molecule has 22 heavy (non-hydrogen) atoms. The van der Waals surface area contributed by atoms with Gasteiger partial charge >= 0.3 is 5.97 Å². The third-order valence-electron chi connectivity index (χ3n) is 3.00. The molecule has 1 atom stereocenters. The number of rotatable bonds is 6. The Kier molecular flexibility index (Phi) is 5.18. The van der Waals surface area contributed by atoms with Gasteiger partial charge in [-0.2, -0.15) is 0 Å². The first-order chi connectivity index (χ1) is 10.4. The van der Waals surface area contributed by atoms with Gasteiger partial charge in [-0.1, -0.05) is 41.9 Å². The molecule has 2 aromatic rings. The number of hydrogen-bond acceptors (Lipinski definition) is 3. The zero-order valence-corrected chi connectivity index (χ0v) is 13.0. The molecule has 2 rings (SSSR count). The molecule has 0 amide bonds. The fourth-order valence-corrected chi connectivity index (χ4v) is 3.32. The lowest BCUT2D eigenvalue weighted by Crippen LogP contribution is -2.30. The normalized spacial score (nSPS) is 12.8. The van der Waals surface area contributed by atoms with Crippen LogP contribution in [0, 0.1) is 0 Å². The number of hydrogen-bond donors (Lipinski definition) is 2. The lowest BCUT2D eigenvalue weighted by Gasteiger charge is -2.17. The van der Waals surface area contributed by atoms with Crippen LogP contribution in [0.4, 0.5) is 0 Å². The predicted octanol–water partition coefficient (Wildman–Crippen LogP) is 2.83. The Morgan fingerprint density at radius 2 is 1.68 bits per heavy atom. The minimum absolute atomic E-state index is 0.0827. The molecule has 5 nitrogen and oxygen atoms in total. The van der Waals surface area contributed by atoms with Crippen LogP contribution in [-0.2, 0) is 14.8 Å². The zero-order valence-electron chi connectivity index (χ0n) is 11.4. The van der Waals surface area contributed by atoms with Gasteiger partial charge < -0.3 is 5.11 Å². The first-order valence-corrected chi connectivity index (χ1v) is 8.29. The van der Waals surface area contributed by atoms with Crippen LogP contribution in [0.5, 0.6) is 0 Å². The van der Waals surface area contributed by atoms with E-state index in [-0.39, 0.29) is 11.3 Å². The number of carboxylic acids is 1. The van der Waals surface area contributed by atoms with Gasteiger partial charge in [0.15, 0.2) is 0 Å². The molecule has 2 aromatic carbocycles. The third-order valence-corrected chi connectivity index (χ3v) is 4.74. The average molecular weight is 340 g/mol. The second-order valence-corrected chi connectivity index (χ2v) is 6.79. The molecular formula is C15H14ClNO4S. The molecule has 0 aromatic heterocycles. The largest absolute Gasteiger partial charge is 0.481 e. The number of halogens is 1. The summed E-state index contributed by atoms with van der Waals surface area (Å²) in [4.78, 5) is 11.1. The Morgan fingerprint density at radius 1 is 1.09 bits per heavy atom. The third kappa shape index (κ3) is 4.30. The molecule has 0 heterocycles. The van der Waals surface area contributed by atoms with E-state index < -0.39 is 22.0 Å². The van der Waals surface area contributed by atoms with Crippen molar-refractivity contribution in [1.82, 2.24) is 4.72 Å². The summed E-state index contributed by atoms with van der Waals surface area (Å²) < 4.78 is 27.1. The molecule has 0 saturated carbocycles. The van der Waals surface area contributed by atoms with Gasteiger partial charge in [0, 0.05) is 5.02 Å². The molecule has 116 valence electrons. The van der Waals surface area contributed by atoms with Gasteiger partial charge in [0.25, 0.3) is 0 Å². The van der Waals surface area contributed by atoms with Crippen molar-refractivity contribution < 1.29 is 18.3 Å². The van der Waals surface area contributed by atoms with E-state index in [0.29, 0.717) is 10.6 Å². The molecule has 7 heteroatoms. The number of carbonyl (C=O) groups is 1. The summed E-state index contributed by atoms with van der Waals surface area (Å²) >= 11 is 5.80. The molecule has 0 aliphatic carbocycles. The summed E-state index contributed by atoms with van der Waals surface area (Å²) in [7, 11) is -3.81. The van der Waals surface area contributed by atoms with Crippen LogP contribution in [0.3, 0.4) is 0 Å². The molecule has 0 unspecified atom stereocenters. The monoisotopic (exact) mass is 339 g/mol. The van der Waals surface area contributed by atoms with Gasteiger partial charge in [-0.05, 0) is 29.8 Å². The Labute approximate surface area is 133 Å². The SMILES string of the molecule is O=C(O)C[C@H](NS(=O)(=O)c1ccccc1)c1ccc(Cl)cc1. The van der Waals surface area contributed by atoms with Gasteiger partial charge in [0.1, 0.15) is 0 Å². The zero-order chi connectivity index (χ0) is 16.2. The van der Waals surface area contributed by atoms with Crippen LogP contribution in [0.25, 0.3) is 0 Å². The minimum Gasteiger partial charge on any atom is -0.481 e. The molecule has 0 bridgehead atoms. The number of carboxylic acid groups (broad SMARTS) is 1. The maximum Gasteiger partial charge on any atom is 0.305 e.